The molecular formula is C15H13N3O3S3. The lowest BCUT2D eigenvalue weighted by Gasteiger charge is -2.12. The summed E-state index contributed by atoms with van der Waals surface area (Å²) in [7, 11) is -3.85. The molecule has 0 unspecified atom stereocenters. The predicted molar refractivity (Wildman–Crippen MR) is 98.6 cm³/mol. The number of anilines is 2. The molecule has 0 bridgehead atoms. The van der Waals surface area contributed by atoms with Crippen molar-refractivity contribution in [3.63, 3.8) is 0 Å². The number of aromatic nitrogens is 1. The summed E-state index contributed by atoms with van der Waals surface area (Å²) in [6, 6.07) is 11.4. The third kappa shape index (κ3) is 3.48. The molecule has 1 amide bonds. The highest BCUT2D eigenvalue weighted by molar-refractivity contribution is 7.92. The number of fused-ring (bicyclic) bond motifs is 1. The van der Waals surface area contributed by atoms with Gasteiger partial charge in [-0.2, -0.15) is 0 Å². The minimum absolute atomic E-state index is 0.00185. The van der Waals surface area contributed by atoms with Crippen molar-refractivity contribution in [1.29, 1.82) is 0 Å². The fraction of sp³-hybridized carbons (Fsp3) is 0.0667. The first-order chi connectivity index (χ1) is 11.3. The number of hydrogen-bond donors (Lipinski definition) is 3. The lowest BCUT2D eigenvalue weighted by Crippen LogP contribution is -2.16. The van der Waals surface area contributed by atoms with Crippen molar-refractivity contribution < 1.29 is 13.2 Å². The molecule has 0 saturated carbocycles. The average molecular weight is 379 g/mol. The maximum atomic E-state index is 12.7. The Balaban J connectivity index is 1.98. The first kappa shape index (κ1) is 16.6. The topological polar surface area (TPSA) is 91.1 Å². The molecule has 9 heteroatoms. The fourth-order valence-corrected chi connectivity index (χ4v) is 4.58. The number of carbonyl (C=O) groups excluding carboxylic acids is 1. The van der Waals surface area contributed by atoms with Crippen molar-refractivity contribution in [2.75, 3.05) is 10.0 Å². The van der Waals surface area contributed by atoms with Gasteiger partial charge in [0.1, 0.15) is 4.90 Å². The van der Waals surface area contributed by atoms with E-state index in [4.69, 9.17) is 12.2 Å². The monoisotopic (exact) mass is 379 g/mol. The third-order valence-corrected chi connectivity index (χ3v) is 5.80. The number of hydrogen-bond acceptors (Lipinski definition) is 5. The van der Waals surface area contributed by atoms with Crippen LogP contribution in [0.1, 0.15) is 6.92 Å². The van der Waals surface area contributed by atoms with Crippen LogP contribution in [0.3, 0.4) is 0 Å². The highest BCUT2D eigenvalue weighted by Gasteiger charge is 2.19. The Morgan fingerprint density at radius 1 is 1.21 bits per heavy atom. The van der Waals surface area contributed by atoms with Gasteiger partial charge < -0.3 is 10.3 Å². The molecule has 0 aliphatic heterocycles. The molecule has 0 radical (unpaired) electrons. The number of sulfonamides is 1. The Kier molecular flexibility index (Phi) is 4.39. The summed E-state index contributed by atoms with van der Waals surface area (Å²) in [5, 5.41) is 2.52. The number of thiazole rings is 1. The lowest BCUT2D eigenvalue weighted by atomic mass is 10.3. The number of H-pyrrole nitrogens is 1. The van der Waals surface area contributed by atoms with Crippen LogP contribution in [-0.4, -0.2) is 19.3 Å². The molecule has 0 saturated heterocycles. The molecular weight excluding hydrogens is 366 g/mol. The average Bonchev–Trinajstić information content (AvgIpc) is 2.86. The molecule has 0 spiro atoms. The summed E-state index contributed by atoms with van der Waals surface area (Å²) in [5.41, 5.74) is 1.51. The van der Waals surface area contributed by atoms with Gasteiger partial charge in [0.25, 0.3) is 10.0 Å². The van der Waals surface area contributed by atoms with Crippen LogP contribution in [-0.2, 0) is 14.8 Å². The van der Waals surface area contributed by atoms with Crippen LogP contribution in [0.4, 0.5) is 11.4 Å². The Bertz CT molecular complexity index is 1080. The van der Waals surface area contributed by atoms with Gasteiger partial charge in [0, 0.05) is 6.92 Å². The van der Waals surface area contributed by atoms with Crippen LogP contribution < -0.4 is 10.0 Å². The van der Waals surface area contributed by atoms with Crippen molar-refractivity contribution >= 4 is 61.1 Å². The van der Waals surface area contributed by atoms with E-state index in [1.165, 1.54) is 30.4 Å². The molecule has 0 aliphatic rings. The molecule has 1 aromatic heterocycles. The second-order valence-electron chi connectivity index (χ2n) is 5.01. The minimum atomic E-state index is -3.85. The molecule has 0 aliphatic carbocycles. The summed E-state index contributed by atoms with van der Waals surface area (Å²) >= 11 is 6.45. The van der Waals surface area contributed by atoms with Crippen molar-refractivity contribution in [2.24, 2.45) is 0 Å². The quantitative estimate of drug-likeness (QED) is 0.603. The highest BCUT2D eigenvalue weighted by atomic mass is 32.2. The molecule has 3 N–H and O–H groups in total. The largest absolute Gasteiger partial charge is 0.337 e. The fourth-order valence-electron chi connectivity index (χ4n) is 2.21. The van der Waals surface area contributed by atoms with Gasteiger partial charge in [0.15, 0.2) is 3.95 Å². The number of nitrogens with one attached hydrogen (secondary N) is 3. The lowest BCUT2D eigenvalue weighted by molar-refractivity contribution is -0.114. The summed E-state index contributed by atoms with van der Waals surface area (Å²) in [5.74, 6) is -0.342. The van der Waals surface area contributed by atoms with Crippen LogP contribution in [0.25, 0.3) is 10.2 Å². The first-order valence-corrected chi connectivity index (χ1v) is 9.58. The Labute approximate surface area is 147 Å². The van der Waals surface area contributed by atoms with Crippen LogP contribution in [0.5, 0.6) is 0 Å². The second-order valence-corrected chi connectivity index (χ2v) is 8.38. The van der Waals surface area contributed by atoms with E-state index in [2.05, 4.69) is 15.0 Å². The highest BCUT2D eigenvalue weighted by Crippen LogP contribution is 2.27. The van der Waals surface area contributed by atoms with E-state index in [1.807, 2.05) is 0 Å². The Morgan fingerprint density at radius 3 is 2.71 bits per heavy atom. The SMILES string of the molecule is CC(=O)Nc1ccccc1S(=O)(=O)Nc1ccc2[nH]c(=S)sc2c1. The molecule has 124 valence electrons. The molecule has 1 heterocycles. The Hall–Kier alpha value is -2.23. The summed E-state index contributed by atoms with van der Waals surface area (Å²) in [6.07, 6.45) is 0. The molecule has 0 atom stereocenters. The van der Waals surface area contributed by atoms with Crippen LogP contribution >= 0.6 is 23.6 Å². The van der Waals surface area contributed by atoms with Crippen LogP contribution in [0.15, 0.2) is 47.4 Å². The van der Waals surface area contributed by atoms with E-state index < -0.39 is 10.0 Å². The van der Waals surface area contributed by atoms with E-state index in [-0.39, 0.29) is 16.5 Å². The summed E-state index contributed by atoms with van der Waals surface area (Å²) in [4.78, 5) is 14.3. The summed E-state index contributed by atoms with van der Waals surface area (Å²) in [6.45, 7) is 1.32. The van der Waals surface area contributed by atoms with Gasteiger partial charge in [-0.1, -0.05) is 12.1 Å². The van der Waals surface area contributed by atoms with Crippen molar-refractivity contribution in [3.05, 3.63) is 46.4 Å². The smallest absolute Gasteiger partial charge is 0.263 e. The van der Waals surface area contributed by atoms with Gasteiger partial charge in [0.05, 0.1) is 21.6 Å². The van der Waals surface area contributed by atoms with Crippen LogP contribution in [0.2, 0.25) is 0 Å². The molecule has 3 rings (SSSR count). The molecule has 3 aromatic rings. The van der Waals surface area contributed by atoms with E-state index in [0.717, 1.165) is 10.2 Å². The second kappa shape index (κ2) is 6.34. The van der Waals surface area contributed by atoms with Crippen molar-refractivity contribution in [3.8, 4) is 0 Å². The zero-order valence-corrected chi connectivity index (χ0v) is 14.9. The van der Waals surface area contributed by atoms with E-state index in [0.29, 0.717) is 9.64 Å². The normalized spacial score (nSPS) is 11.4. The number of amides is 1. The zero-order valence-electron chi connectivity index (χ0n) is 12.5. The predicted octanol–water partition coefficient (Wildman–Crippen LogP) is 3.72. The first-order valence-electron chi connectivity index (χ1n) is 6.87. The van der Waals surface area contributed by atoms with Crippen molar-refractivity contribution in [2.45, 2.75) is 11.8 Å². The van der Waals surface area contributed by atoms with Gasteiger partial charge >= 0.3 is 0 Å². The third-order valence-electron chi connectivity index (χ3n) is 3.16. The zero-order chi connectivity index (χ0) is 17.3. The minimum Gasteiger partial charge on any atom is -0.337 e. The maximum Gasteiger partial charge on any atom is 0.263 e. The molecule has 0 fully saturated rings. The number of aromatic amines is 1. The van der Waals surface area contributed by atoms with Gasteiger partial charge in [-0.25, -0.2) is 8.42 Å². The standard InChI is InChI=1S/C15H13N3O3S3/c1-9(19)16-12-4-2-3-5-14(12)24(20,21)18-10-6-7-11-13(8-10)23-15(22)17-11/h2-8,18H,1H3,(H,16,19)(H,17,22). The van der Waals surface area contributed by atoms with E-state index in [1.54, 1.807) is 30.3 Å². The number of para-hydroxylation sites is 1. The summed E-state index contributed by atoms with van der Waals surface area (Å²) < 4.78 is 29.3. The van der Waals surface area contributed by atoms with Gasteiger partial charge in [-0.15, -0.1) is 11.3 Å². The Morgan fingerprint density at radius 2 is 1.96 bits per heavy atom. The molecule has 2 aromatic carbocycles. The van der Waals surface area contributed by atoms with E-state index in [9.17, 15) is 13.2 Å². The van der Waals surface area contributed by atoms with Crippen molar-refractivity contribution in [1.82, 2.24) is 4.98 Å². The van der Waals surface area contributed by atoms with Crippen LogP contribution in [0, 0.1) is 3.95 Å². The maximum absolute atomic E-state index is 12.7. The molecule has 24 heavy (non-hydrogen) atoms. The van der Waals surface area contributed by atoms with Gasteiger partial charge in [-0.05, 0) is 42.5 Å². The number of benzene rings is 2. The number of rotatable bonds is 4. The van der Waals surface area contributed by atoms with E-state index >= 15 is 0 Å². The van der Waals surface area contributed by atoms with Gasteiger partial charge in [-0.3, -0.25) is 9.52 Å². The number of carbonyl (C=O) groups is 1. The van der Waals surface area contributed by atoms with Gasteiger partial charge in [0.2, 0.25) is 5.91 Å². The molecule has 6 nitrogen and oxygen atoms in total.